The molecule has 1 N–H and O–H groups in total. The quantitative estimate of drug-likeness (QED) is 0.899. The normalized spacial score (nSPS) is 10.9. The third-order valence-electron chi connectivity index (χ3n) is 3.10. The van der Waals surface area contributed by atoms with Gasteiger partial charge in [0.2, 0.25) is 11.3 Å². The molecule has 0 saturated heterocycles. The van der Waals surface area contributed by atoms with Gasteiger partial charge >= 0.3 is 0 Å². The number of hydrogen-bond donors (Lipinski definition) is 1. The summed E-state index contributed by atoms with van der Waals surface area (Å²) in [5, 5.41) is 7.48. The van der Waals surface area contributed by atoms with Crippen LogP contribution in [0.4, 0.5) is 0 Å². The zero-order chi connectivity index (χ0) is 14.5. The van der Waals surface area contributed by atoms with Crippen LogP contribution in [0, 0.1) is 5.92 Å². The first kappa shape index (κ1) is 14.2. The van der Waals surface area contributed by atoms with E-state index in [1.165, 1.54) is 6.20 Å². The fourth-order valence-electron chi connectivity index (χ4n) is 1.98. The van der Waals surface area contributed by atoms with Crippen molar-refractivity contribution in [3.05, 3.63) is 40.7 Å². The molecule has 0 atom stereocenters. The van der Waals surface area contributed by atoms with Gasteiger partial charge in [-0.2, -0.15) is 5.10 Å². The predicted molar refractivity (Wildman–Crippen MR) is 78.5 cm³/mol. The number of para-hydroxylation sites is 1. The van der Waals surface area contributed by atoms with Gasteiger partial charge in [0, 0.05) is 11.9 Å². The molecule has 0 unspecified atom stereocenters. The van der Waals surface area contributed by atoms with Crippen LogP contribution in [-0.4, -0.2) is 22.2 Å². The van der Waals surface area contributed by atoms with Gasteiger partial charge in [0.05, 0.1) is 11.7 Å². The summed E-state index contributed by atoms with van der Waals surface area (Å²) in [6.07, 6.45) is 2.20. The Morgan fingerprint density at radius 2 is 2.10 bits per heavy atom. The molecule has 1 amide bonds. The fourth-order valence-corrected chi connectivity index (χ4v) is 1.98. The molecule has 0 aliphatic carbocycles. The van der Waals surface area contributed by atoms with Crippen molar-refractivity contribution in [3.8, 4) is 0 Å². The fraction of sp³-hybridized carbons (Fsp3) is 0.400. The van der Waals surface area contributed by atoms with Gasteiger partial charge in [-0.1, -0.05) is 26.0 Å². The second-order valence-corrected chi connectivity index (χ2v) is 5.22. The Balaban J connectivity index is 2.12. The molecule has 0 radical (unpaired) electrons. The number of benzene rings is 1. The van der Waals surface area contributed by atoms with E-state index in [0.29, 0.717) is 23.4 Å². The Hall–Kier alpha value is -2.17. The first-order valence-corrected chi connectivity index (χ1v) is 6.79. The van der Waals surface area contributed by atoms with E-state index in [0.717, 1.165) is 6.42 Å². The summed E-state index contributed by atoms with van der Waals surface area (Å²) in [5.41, 5.74) is 0.552. The number of hydrogen-bond acceptors (Lipinski definition) is 3. The van der Waals surface area contributed by atoms with E-state index >= 15 is 0 Å². The molecule has 0 aliphatic heterocycles. The molecule has 0 spiro atoms. The van der Waals surface area contributed by atoms with E-state index in [2.05, 4.69) is 24.3 Å². The summed E-state index contributed by atoms with van der Waals surface area (Å²) in [5.74, 6) is 0.466. The summed E-state index contributed by atoms with van der Waals surface area (Å²) in [7, 11) is 0. The maximum atomic E-state index is 11.9. The van der Waals surface area contributed by atoms with Crippen molar-refractivity contribution in [2.24, 2.45) is 5.92 Å². The van der Waals surface area contributed by atoms with E-state index in [1.807, 2.05) is 6.07 Å². The number of nitrogens with zero attached hydrogens (tertiary/aromatic N) is 2. The molecule has 0 aliphatic rings. The van der Waals surface area contributed by atoms with E-state index in [1.54, 1.807) is 22.9 Å². The van der Waals surface area contributed by atoms with Crippen LogP contribution in [0.1, 0.15) is 20.3 Å². The van der Waals surface area contributed by atoms with Gasteiger partial charge in [0.25, 0.3) is 0 Å². The number of rotatable bonds is 5. The van der Waals surface area contributed by atoms with Crippen LogP contribution in [0.25, 0.3) is 10.9 Å². The van der Waals surface area contributed by atoms with Gasteiger partial charge in [-0.3, -0.25) is 14.3 Å². The van der Waals surface area contributed by atoms with Gasteiger partial charge in [0.15, 0.2) is 0 Å². The maximum absolute atomic E-state index is 11.9. The molecule has 0 bridgehead atoms. The van der Waals surface area contributed by atoms with Crippen molar-refractivity contribution in [1.82, 2.24) is 15.1 Å². The van der Waals surface area contributed by atoms with Crippen molar-refractivity contribution < 1.29 is 4.79 Å². The van der Waals surface area contributed by atoms with Crippen molar-refractivity contribution in [1.29, 1.82) is 0 Å². The third-order valence-corrected chi connectivity index (χ3v) is 3.10. The minimum Gasteiger partial charge on any atom is -0.354 e. The Morgan fingerprint density at radius 1 is 1.35 bits per heavy atom. The van der Waals surface area contributed by atoms with Gasteiger partial charge < -0.3 is 5.32 Å². The molecule has 2 rings (SSSR count). The molecule has 20 heavy (non-hydrogen) atoms. The summed E-state index contributed by atoms with van der Waals surface area (Å²) < 4.78 is 1.56. The number of aromatic nitrogens is 2. The van der Waals surface area contributed by atoms with Crippen LogP contribution in [-0.2, 0) is 11.3 Å². The second-order valence-electron chi connectivity index (χ2n) is 5.22. The molecular weight excluding hydrogens is 254 g/mol. The van der Waals surface area contributed by atoms with Crippen molar-refractivity contribution >= 4 is 16.8 Å². The molecule has 2 aromatic rings. The Bertz CT molecular complexity index is 661. The minimum atomic E-state index is -0.128. The molecule has 1 heterocycles. The highest BCUT2D eigenvalue weighted by molar-refractivity contribution is 5.81. The molecule has 106 valence electrons. The predicted octanol–water partition coefficient (Wildman–Crippen LogP) is 1.56. The lowest BCUT2D eigenvalue weighted by Crippen LogP contribution is -2.30. The Labute approximate surface area is 117 Å². The zero-order valence-electron chi connectivity index (χ0n) is 11.8. The first-order chi connectivity index (χ1) is 9.58. The summed E-state index contributed by atoms with van der Waals surface area (Å²) in [6, 6.07) is 7.17. The Morgan fingerprint density at radius 3 is 2.85 bits per heavy atom. The molecule has 0 fully saturated rings. The van der Waals surface area contributed by atoms with E-state index < -0.39 is 0 Å². The van der Waals surface area contributed by atoms with Crippen LogP contribution in [0.2, 0.25) is 0 Å². The lowest BCUT2D eigenvalue weighted by atomic mass is 10.1. The smallest absolute Gasteiger partial charge is 0.241 e. The molecule has 5 heteroatoms. The number of amides is 1. The second kappa shape index (κ2) is 6.32. The average molecular weight is 273 g/mol. The topological polar surface area (TPSA) is 64.0 Å². The van der Waals surface area contributed by atoms with Gasteiger partial charge in [-0.15, -0.1) is 0 Å². The number of carbonyl (C=O) groups excluding carboxylic acids is 1. The van der Waals surface area contributed by atoms with Crippen LogP contribution in [0.3, 0.4) is 0 Å². The largest absolute Gasteiger partial charge is 0.354 e. The average Bonchev–Trinajstić information content (AvgIpc) is 2.42. The van der Waals surface area contributed by atoms with Crippen LogP contribution >= 0.6 is 0 Å². The summed E-state index contributed by atoms with van der Waals surface area (Å²) in [4.78, 5) is 23.6. The lowest BCUT2D eigenvalue weighted by molar-refractivity contribution is -0.121. The maximum Gasteiger partial charge on any atom is 0.241 e. The molecule has 5 nitrogen and oxygen atoms in total. The molecule has 1 aromatic heterocycles. The SMILES string of the molecule is CC(C)CCNC(=O)Cn1ncc(=O)c2ccccc21. The highest BCUT2D eigenvalue weighted by Gasteiger charge is 2.07. The molecule has 0 saturated carbocycles. The highest BCUT2D eigenvalue weighted by Crippen LogP contribution is 2.07. The van der Waals surface area contributed by atoms with Crippen LogP contribution < -0.4 is 10.7 Å². The number of fused-ring (bicyclic) bond motifs is 1. The summed E-state index contributed by atoms with van der Waals surface area (Å²) in [6.45, 7) is 5.01. The van der Waals surface area contributed by atoms with Crippen LogP contribution in [0.15, 0.2) is 35.3 Å². The standard InChI is InChI=1S/C15H19N3O2/c1-11(2)7-8-16-15(20)10-18-13-6-4-3-5-12(13)14(19)9-17-18/h3-6,9,11H,7-8,10H2,1-2H3,(H,16,20). The highest BCUT2D eigenvalue weighted by atomic mass is 16.2. The van der Waals surface area contributed by atoms with Crippen molar-refractivity contribution in [2.75, 3.05) is 6.54 Å². The first-order valence-electron chi connectivity index (χ1n) is 6.79. The zero-order valence-corrected chi connectivity index (χ0v) is 11.8. The molecular formula is C15H19N3O2. The monoisotopic (exact) mass is 273 g/mol. The van der Waals surface area contributed by atoms with E-state index in [9.17, 15) is 9.59 Å². The van der Waals surface area contributed by atoms with Crippen LogP contribution in [0.5, 0.6) is 0 Å². The van der Waals surface area contributed by atoms with Gasteiger partial charge in [-0.05, 0) is 24.5 Å². The summed E-state index contributed by atoms with van der Waals surface area (Å²) >= 11 is 0. The van der Waals surface area contributed by atoms with E-state index in [-0.39, 0.29) is 17.9 Å². The van der Waals surface area contributed by atoms with Crippen molar-refractivity contribution in [2.45, 2.75) is 26.8 Å². The molecule has 1 aromatic carbocycles. The minimum absolute atomic E-state index is 0.0908. The van der Waals surface area contributed by atoms with E-state index in [4.69, 9.17) is 0 Å². The Kier molecular flexibility index (Phi) is 4.50. The van der Waals surface area contributed by atoms with Gasteiger partial charge in [0.1, 0.15) is 6.54 Å². The number of nitrogens with one attached hydrogen (secondary N) is 1. The lowest BCUT2D eigenvalue weighted by Gasteiger charge is -2.10. The van der Waals surface area contributed by atoms with Crippen molar-refractivity contribution in [3.63, 3.8) is 0 Å². The van der Waals surface area contributed by atoms with Gasteiger partial charge in [-0.25, -0.2) is 0 Å². The third kappa shape index (κ3) is 3.44. The number of carbonyl (C=O) groups is 1.